The van der Waals surface area contributed by atoms with Crippen LogP contribution in [-0.2, 0) is 13.1 Å². The summed E-state index contributed by atoms with van der Waals surface area (Å²) in [6, 6.07) is 32.9. The normalized spacial score (nSPS) is 17.5. The maximum absolute atomic E-state index is 6.43. The predicted molar refractivity (Wildman–Crippen MR) is 171 cm³/mol. The number of nitrogens with zero attached hydrogens (tertiary/aromatic N) is 1. The molecule has 2 aliphatic heterocycles. The van der Waals surface area contributed by atoms with Crippen molar-refractivity contribution in [1.82, 2.24) is 10.9 Å². The lowest BCUT2D eigenvalue weighted by Gasteiger charge is -2.34. The van der Waals surface area contributed by atoms with E-state index in [0.29, 0.717) is 17.4 Å². The molecule has 0 atom stereocenters. The maximum atomic E-state index is 6.43. The number of anilines is 2. The molecule has 11 N–H and O–H groups in total. The van der Waals surface area contributed by atoms with Crippen LogP contribution in [0.3, 0.4) is 0 Å². The number of nitrogens with one attached hydrogen (secondary N) is 3. The van der Waals surface area contributed by atoms with Crippen molar-refractivity contribution in [3.8, 4) is 0 Å². The van der Waals surface area contributed by atoms with Gasteiger partial charge in [0.2, 0.25) is 0 Å². The van der Waals surface area contributed by atoms with Gasteiger partial charge in [-0.3, -0.25) is 11.7 Å². The third kappa shape index (κ3) is 5.43. The molecule has 2 heterocycles. The second kappa shape index (κ2) is 12.1. The van der Waals surface area contributed by atoms with Gasteiger partial charge < -0.3 is 32.5 Å². The van der Waals surface area contributed by atoms with E-state index in [-0.39, 0.29) is 0 Å². The molecule has 4 aromatic carbocycles. The molecule has 0 saturated carbocycles. The molecule has 0 saturated heterocycles. The van der Waals surface area contributed by atoms with E-state index in [1.807, 2.05) is 66.7 Å². The van der Waals surface area contributed by atoms with Crippen LogP contribution in [0.2, 0.25) is 0 Å². The van der Waals surface area contributed by atoms with E-state index >= 15 is 0 Å². The number of hydrazine groups is 2. The molecule has 0 radical (unpaired) electrons. The summed E-state index contributed by atoms with van der Waals surface area (Å²) < 4.78 is 0. The van der Waals surface area contributed by atoms with E-state index in [9.17, 15) is 0 Å². The first kappa shape index (κ1) is 27.6. The van der Waals surface area contributed by atoms with Crippen LogP contribution in [0.25, 0.3) is 22.8 Å². The first-order valence-corrected chi connectivity index (χ1v) is 13.7. The summed E-state index contributed by atoms with van der Waals surface area (Å²) in [5.74, 6) is 11.5. The Morgan fingerprint density at radius 2 is 1.15 bits per heavy atom. The van der Waals surface area contributed by atoms with Crippen LogP contribution in [0.4, 0.5) is 11.4 Å². The lowest BCUT2D eigenvalue weighted by Crippen LogP contribution is -2.34. The van der Waals surface area contributed by atoms with Crippen LogP contribution in [0.5, 0.6) is 0 Å². The minimum atomic E-state index is 0.368. The van der Waals surface area contributed by atoms with E-state index < -0.39 is 0 Å². The van der Waals surface area contributed by atoms with Gasteiger partial charge in [0.1, 0.15) is 0 Å². The number of hydrogen-bond acceptors (Lipinski definition) is 8. The lowest BCUT2D eigenvalue weighted by molar-refractivity contribution is 0.679. The molecule has 210 valence electrons. The zero-order chi connectivity index (χ0) is 28.9. The molecule has 2 aliphatic rings. The zero-order valence-electron chi connectivity index (χ0n) is 23.5. The number of rotatable bonds is 3. The molecule has 0 unspecified atom stereocenters. The predicted octanol–water partition coefficient (Wildman–Crippen LogP) is 4.52. The van der Waals surface area contributed by atoms with Crippen LogP contribution >= 0.6 is 0 Å². The Morgan fingerprint density at radius 3 is 1.83 bits per heavy atom. The van der Waals surface area contributed by atoms with E-state index in [4.69, 9.17) is 23.2 Å². The molecule has 0 spiro atoms. The molecule has 41 heavy (non-hydrogen) atoms. The fourth-order valence-corrected chi connectivity index (χ4v) is 5.44. The van der Waals surface area contributed by atoms with Gasteiger partial charge >= 0.3 is 0 Å². The van der Waals surface area contributed by atoms with Crippen molar-refractivity contribution < 1.29 is 0 Å². The quantitative estimate of drug-likeness (QED) is 0.147. The summed E-state index contributed by atoms with van der Waals surface area (Å²) >= 11 is 0. The first-order chi connectivity index (χ1) is 19.9. The van der Waals surface area contributed by atoms with Gasteiger partial charge in [0, 0.05) is 52.8 Å². The first-order valence-electron chi connectivity index (χ1n) is 13.7. The Kier molecular flexibility index (Phi) is 8.14. The van der Waals surface area contributed by atoms with Crippen LogP contribution < -0.4 is 44.2 Å². The third-order valence-electron chi connectivity index (χ3n) is 7.55. The summed E-state index contributed by atoms with van der Waals surface area (Å²) in [4.78, 5) is 2.37. The highest BCUT2D eigenvalue weighted by Crippen LogP contribution is 2.35. The van der Waals surface area contributed by atoms with Crippen molar-refractivity contribution in [2.45, 2.75) is 33.0 Å². The Labute approximate surface area is 241 Å². The Balaban J connectivity index is 0.000000166. The number of hydrogen-bond donors (Lipinski definition) is 7. The van der Waals surface area contributed by atoms with Gasteiger partial charge in [-0.1, -0.05) is 84.9 Å². The molecule has 0 fully saturated rings. The Bertz CT molecular complexity index is 1600. The van der Waals surface area contributed by atoms with Crippen molar-refractivity contribution in [2.24, 2.45) is 23.2 Å². The van der Waals surface area contributed by atoms with Gasteiger partial charge in [0.15, 0.2) is 0 Å². The van der Waals surface area contributed by atoms with Gasteiger partial charge in [0.25, 0.3) is 0 Å². The topological polar surface area (TPSA) is 143 Å². The minimum absolute atomic E-state index is 0.368. The molecular weight excluding hydrogens is 508 g/mol. The summed E-state index contributed by atoms with van der Waals surface area (Å²) in [6.07, 6.45) is 0. The van der Waals surface area contributed by atoms with Crippen molar-refractivity contribution in [3.63, 3.8) is 0 Å². The molecule has 0 amide bonds. The molecule has 0 aliphatic carbocycles. The average Bonchev–Trinajstić information content (AvgIpc) is 2.99. The van der Waals surface area contributed by atoms with Gasteiger partial charge in [-0.2, -0.15) is 0 Å². The van der Waals surface area contributed by atoms with E-state index in [1.54, 1.807) is 0 Å². The molecule has 0 bridgehead atoms. The average molecular weight is 547 g/mol. The van der Waals surface area contributed by atoms with Crippen molar-refractivity contribution in [1.29, 1.82) is 0 Å². The highest BCUT2D eigenvalue weighted by atomic mass is 15.2. The smallest absolute Gasteiger partial charge is 0.0816 e. The number of fused-ring (bicyclic) bond motifs is 4. The monoisotopic (exact) mass is 546 g/mol. The summed E-state index contributed by atoms with van der Waals surface area (Å²) in [5.41, 5.74) is 29.7. The van der Waals surface area contributed by atoms with Crippen molar-refractivity contribution in [3.05, 3.63) is 130 Å². The molecule has 0 aromatic heterocycles. The van der Waals surface area contributed by atoms with Crippen LogP contribution in [0, 0.1) is 0 Å². The van der Waals surface area contributed by atoms with Crippen molar-refractivity contribution in [2.75, 3.05) is 10.2 Å². The highest BCUT2D eigenvalue weighted by Gasteiger charge is 2.23. The standard InChI is InChI=1S/C18H22N4.C15H16N4/c1-12(2)22-11-13-7-3-4-8-14(13)17(19)18(21-20)15-9-5-6-10-16(15)22;16-14-12-7-3-4-8-13(12)18-9-10-5-1-2-6-11(10)15(14)19-17/h3-10,12,21H,11,19-20H2,1-2H3;1-8,18-19H,9,16-17H2/b18-17-;15-14-. The fraction of sp³-hybridized carbons (Fsp3) is 0.152. The molecule has 4 aromatic rings. The van der Waals surface area contributed by atoms with Crippen LogP contribution in [0.15, 0.2) is 97.1 Å². The number of benzene rings is 4. The molecule has 6 rings (SSSR count). The van der Waals surface area contributed by atoms with Gasteiger partial charge in [-0.15, -0.1) is 0 Å². The second-order valence-electron chi connectivity index (χ2n) is 10.3. The zero-order valence-corrected chi connectivity index (χ0v) is 23.5. The van der Waals surface area contributed by atoms with Crippen molar-refractivity contribution >= 4 is 34.2 Å². The Morgan fingerprint density at radius 1 is 0.634 bits per heavy atom. The number of para-hydroxylation sites is 2. The number of nitrogens with two attached hydrogens (primary N) is 4. The molecule has 8 heteroatoms. The van der Waals surface area contributed by atoms with Gasteiger partial charge in [-0.25, -0.2) is 0 Å². The van der Waals surface area contributed by atoms with E-state index in [0.717, 1.165) is 63.7 Å². The second-order valence-corrected chi connectivity index (χ2v) is 10.3. The summed E-state index contributed by atoms with van der Waals surface area (Å²) in [7, 11) is 0. The Hall–Kier alpha value is -4.92. The van der Waals surface area contributed by atoms with Gasteiger partial charge in [-0.05, 0) is 37.1 Å². The fourth-order valence-electron chi connectivity index (χ4n) is 5.44. The lowest BCUT2D eigenvalue weighted by atomic mass is 9.96. The van der Waals surface area contributed by atoms with E-state index in [1.165, 1.54) is 5.56 Å². The van der Waals surface area contributed by atoms with E-state index in [2.05, 4.69) is 65.2 Å². The highest BCUT2D eigenvalue weighted by molar-refractivity contribution is 5.94. The molecular formula is C33H38N8. The summed E-state index contributed by atoms with van der Waals surface area (Å²) in [6.45, 7) is 5.96. The maximum Gasteiger partial charge on any atom is 0.0816 e. The molecule has 8 nitrogen and oxygen atoms in total. The van der Waals surface area contributed by atoms with Crippen LogP contribution in [0.1, 0.15) is 47.2 Å². The SMILES string of the molecule is CC(C)N1Cc2ccccc2/C(N)=C(/NN)c2ccccc21.NN/C1=C(\N)c2ccccc2NCc2ccccc21. The largest absolute Gasteiger partial charge is 0.396 e. The van der Waals surface area contributed by atoms with Gasteiger partial charge in [0.05, 0.1) is 22.8 Å². The third-order valence-corrected chi connectivity index (χ3v) is 7.55. The minimum Gasteiger partial charge on any atom is -0.396 e. The summed E-state index contributed by atoms with van der Waals surface area (Å²) in [5, 5.41) is 3.41. The van der Waals surface area contributed by atoms with Crippen LogP contribution in [-0.4, -0.2) is 6.04 Å².